The Kier molecular flexibility index (Phi) is 8.82. The third-order valence-corrected chi connectivity index (χ3v) is 5.81. The molecule has 3 rings (SSSR count). The van der Waals surface area contributed by atoms with Gasteiger partial charge in [0.15, 0.2) is 5.96 Å². The van der Waals surface area contributed by atoms with Gasteiger partial charge in [-0.25, -0.2) is 4.99 Å². The largest absolute Gasteiger partial charge is 0.493 e. The van der Waals surface area contributed by atoms with Gasteiger partial charge in [-0.15, -0.1) is 0 Å². The average Bonchev–Trinajstić information content (AvgIpc) is 3.42. The molecule has 1 atom stereocenters. The molecule has 168 valence electrons. The second-order valence-electron chi connectivity index (χ2n) is 8.84. The smallest absolute Gasteiger partial charge is 0.191 e. The predicted octanol–water partition coefficient (Wildman–Crippen LogP) is 3.34. The summed E-state index contributed by atoms with van der Waals surface area (Å²) in [7, 11) is 0. The second-order valence-corrected chi connectivity index (χ2v) is 8.84. The monoisotopic (exact) mass is 416 g/mol. The van der Waals surface area contributed by atoms with Gasteiger partial charge in [0.05, 0.1) is 19.8 Å². The third-order valence-electron chi connectivity index (χ3n) is 5.81. The normalized spacial score (nSPS) is 19.5. The molecule has 1 aromatic carbocycles. The van der Waals surface area contributed by atoms with Crippen LogP contribution in [0, 0.1) is 12.8 Å². The fraction of sp³-hybridized carbons (Fsp3) is 0.708. The van der Waals surface area contributed by atoms with Crippen molar-refractivity contribution >= 4 is 5.96 Å². The first-order chi connectivity index (χ1) is 14.6. The van der Waals surface area contributed by atoms with Gasteiger partial charge in [-0.2, -0.15) is 0 Å². The molecule has 2 aliphatic rings. The Labute approximate surface area is 182 Å². The minimum Gasteiger partial charge on any atom is -0.493 e. The van der Waals surface area contributed by atoms with E-state index >= 15 is 0 Å². The van der Waals surface area contributed by atoms with E-state index in [1.54, 1.807) is 0 Å². The summed E-state index contributed by atoms with van der Waals surface area (Å²) < 4.78 is 11.6. The molecule has 1 aromatic rings. The number of nitrogens with one attached hydrogen (secondary N) is 2. The Bertz CT molecular complexity index is 680. The fourth-order valence-corrected chi connectivity index (χ4v) is 3.93. The van der Waals surface area contributed by atoms with Crippen LogP contribution in [0.3, 0.4) is 0 Å². The highest BCUT2D eigenvalue weighted by molar-refractivity contribution is 5.79. The topological polar surface area (TPSA) is 58.1 Å². The van der Waals surface area contributed by atoms with Crippen LogP contribution in [0.1, 0.15) is 51.2 Å². The Morgan fingerprint density at radius 3 is 2.77 bits per heavy atom. The van der Waals surface area contributed by atoms with Crippen LogP contribution >= 0.6 is 0 Å². The lowest BCUT2D eigenvalue weighted by Crippen LogP contribution is -2.43. The highest BCUT2D eigenvalue weighted by Crippen LogP contribution is 2.28. The van der Waals surface area contributed by atoms with Gasteiger partial charge in [-0.05, 0) is 58.6 Å². The lowest BCUT2D eigenvalue weighted by molar-refractivity contribution is 0.166. The summed E-state index contributed by atoms with van der Waals surface area (Å²) in [4.78, 5) is 7.42. The van der Waals surface area contributed by atoms with Crippen LogP contribution < -0.4 is 15.4 Å². The first-order valence-electron chi connectivity index (χ1n) is 11.6. The molecule has 6 heteroatoms. The van der Waals surface area contributed by atoms with Crippen molar-refractivity contribution in [3.8, 4) is 5.75 Å². The van der Waals surface area contributed by atoms with Gasteiger partial charge in [-0.1, -0.05) is 12.1 Å². The van der Waals surface area contributed by atoms with Crippen molar-refractivity contribution in [3.63, 3.8) is 0 Å². The van der Waals surface area contributed by atoms with Crippen LogP contribution in [0.2, 0.25) is 0 Å². The van der Waals surface area contributed by atoms with E-state index in [-0.39, 0.29) is 0 Å². The molecular weight excluding hydrogens is 376 g/mol. The Morgan fingerprint density at radius 2 is 2.10 bits per heavy atom. The second kappa shape index (κ2) is 11.6. The van der Waals surface area contributed by atoms with E-state index in [0.29, 0.717) is 25.1 Å². The molecule has 0 radical (unpaired) electrons. The van der Waals surface area contributed by atoms with Crippen LogP contribution in [0.5, 0.6) is 5.75 Å². The summed E-state index contributed by atoms with van der Waals surface area (Å²) in [6, 6.07) is 7.76. The van der Waals surface area contributed by atoms with E-state index in [1.165, 1.54) is 18.4 Å². The highest BCUT2D eigenvalue weighted by Gasteiger charge is 2.30. The number of ether oxygens (including phenoxy) is 2. The molecule has 30 heavy (non-hydrogen) atoms. The number of aryl methyl sites for hydroxylation is 1. The van der Waals surface area contributed by atoms with Crippen molar-refractivity contribution in [2.45, 2.75) is 65.6 Å². The SMILES string of the molecule is CCNC(=NCc1ccc(C)cc1OCC1CCOC1)NCCN(C(C)C)C1CC1. The van der Waals surface area contributed by atoms with Crippen LogP contribution in [-0.2, 0) is 11.3 Å². The van der Waals surface area contributed by atoms with Gasteiger partial charge in [-0.3, -0.25) is 4.90 Å². The first kappa shape index (κ1) is 22.9. The lowest BCUT2D eigenvalue weighted by atomic mass is 10.1. The molecule has 0 bridgehead atoms. The molecule has 1 unspecified atom stereocenters. The van der Waals surface area contributed by atoms with Crippen molar-refractivity contribution in [3.05, 3.63) is 29.3 Å². The van der Waals surface area contributed by atoms with Crippen molar-refractivity contribution in [2.24, 2.45) is 10.9 Å². The molecule has 0 spiro atoms. The Balaban J connectivity index is 1.56. The quantitative estimate of drug-likeness (QED) is 0.428. The van der Waals surface area contributed by atoms with Crippen molar-refractivity contribution in [1.29, 1.82) is 0 Å². The molecule has 1 saturated heterocycles. The Morgan fingerprint density at radius 1 is 1.27 bits per heavy atom. The van der Waals surface area contributed by atoms with Gasteiger partial charge in [0.25, 0.3) is 0 Å². The van der Waals surface area contributed by atoms with Gasteiger partial charge in [0, 0.05) is 49.8 Å². The van der Waals surface area contributed by atoms with Crippen molar-refractivity contribution < 1.29 is 9.47 Å². The number of benzene rings is 1. The number of hydrogen-bond acceptors (Lipinski definition) is 4. The number of hydrogen-bond donors (Lipinski definition) is 2. The number of nitrogens with zero attached hydrogens (tertiary/aromatic N) is 2. The number of aliphatic imine (C=N–C) groups is 1. The molecule has 2 N–H and O–H groups in total. The van der Waals surface area contributed by atoms with E-state index in [2.05, 4.69) is 61.4 Å². The van der Waals surface area contributed by atoms with Crippen molar-refractivity contribution in [2.75, 3.05) is 39.5 Å². The van der Waals surface area contributed by atoms with E-state index in [0.717, 1.165) is 62.6 Å². The maximum Gasteiger partial charge on any atom is 0.191 e. The fourth-order valence-electron chi connectivity index (χ4n) is 3.93. The van der Waals surface area contributed by atoms with Crippen molar-refractivity contribution in [1.82, 2.24) is 15.5 Å². The molecule has 1 aliphatic heterocycles. The van der Waals surface area contributed by atoms with Gasteiger partial charge in [0.2, 0.25) is 0 Å². The maximum atomic E-state index is 6.17. The minimum absolute atomic E-state index is 0.496. The highest BCUT2D eigenvalue weighted by atomic mass is 16.5. The zero-order valence-corrected chi connectivity index (χ0v) is 19.2. The lowest BCUT2D eigenvalue weighted by Gasteiger charge is -2.26. The molecule has 2 fully saturated rings. The summed E-state index contributed by atoms with van der Waals surface area (Å²) in [5.74, 6) is 2.31. The van der Waals surface area contributed by atoms with Gasteiger partial charge >= 0.3 is 0 Å². The number of guanidine groups is 1. The molecule has 0 aromatic heterocycles. The standard InChI is InChI=1S/C24H40N4O2/c1-5-25-24(26-11-12-28(18(2)3)22-8-9-22)27-15-21-7-6-19(4)14-23(21)30-17-20-10-13-29-16-20/h6-7,14,18,20,22H,5,8-13,15-17H2,1-4H3,(H2,25,26,27). The summed E-state index contributed by atoms with van der Waals surface area (Å²) in [5.41, 5.74) is 2.33. The summed E-state index contributed by atoms with van der Waals surface area (Å²) in [6.45, 7) is 14.6. The third kappa shape index (κ3) is 7.17. The van der Waals surface area contributed by atoms with Gasteiger partial charge in [0.1, 0.15) is 5.75 Å². The first-order valence-corrected chi connectivity index (χ1v) is 11.6. The predicted molar refractivity (Wildman–Crippen MR) is 123 cm³/mol. The van der Waals surface area contributed by atoms with Crippen LogP contribution in [0.4, 0.5) is 0 Å². The van der Waals surface area contributed by atoms with Crippen LogP contribution in [0.15, 0.2) is 23.2 Å². The average molecular weight is 417 g/mol. The van der Waals surface area contributed by atoms with E-state index in [4.69, 9.17) is 14.5 Å². The summed E-state index contributed by atoms with van der Waals surface area (Å²) >= 11 is 0. The minimum atomic E-state index is 0.496. The van der Waals surface area contributed by atoms with E-state index in [1.807, 2.05) is 0 Å². The van der Waals surface area contributed by atoms with E-state index in [9.17, 15) is 0 Å². The zero-order valence-electron chi connectivity index (χ0n) is 19.2. The molecule has 0 amide bonds. The number of rotatable bonds is 11. The van der Waals surface area contributed by atoms with Crippen LogP contribution in [0.25, 0.3) is 0 Å². The molecule has 1 saturated carbocycles. The molecular formula is C24H40N4O2. The molecule has 6 nitrogen and oxygen atoms in total. The maximum absolute atomic E-state index is 6.17. The van der Waals surface area contributed by atoms with E-state index < -0.39 is 0 Å². The van der Waals surface area contributed by atoms with Gasteiger partial charge < -0.3 is 20.1 Å². The van der Waals surface area contributed by atoms with Crippen LogP contribution in [-0.4, -0.2) is 62.4 Å². The molecule has 1 heterocycles. The zero-order chi connectivity index (χ0) is 21.3. The molecule has 1 aliphatic carbocycles. The Hall–Kier alpha value is -1.79. The summed E-state index contributed by atoms with van der Waals surface area (Å²) in [6.07, 6.45) is 3.77. The summed E-state index contributed by atoms with van der Waals surface area (Å²) in [5, 5.41) is 6.88.